The summed E-state index contributed by atoms with van der Waals surface area (Å²) >= 11 is 0. The normalized spacial score (nSPS) is 25.8. The highest BCUT2D eigenvalue weighted by molar-refractivity contribution is 6.32. The highest BCUT2D eigenvalue weighted by atomic mass is 16.5. The van der Waals surface area contributed by atoms with Crippen molar-refractivity contribution in [3.8, 4) is 0 Å². The van der Waals surface area contributed by atoms with Crippen LogP contribution in [0.4, 0.5) is 0 Å². The molecule has 0 saturated heterocycles. The van der Waals surface area contributed by atoms with Gasteiger partial charge in [0.15, 0.2) is 0 Å². The maximum Gasteiger partial charge on any atom is 0.396 e. The summed E-state index contributed by atoms with van der Waals surface area (Å²) in [5.41, 5.74) is 0. The van der Waals surface area contributed by atoms with Gasteiger partial charge < -0.3 is 9.64 Å². The van der Waals surface area contributed by atoms with E-state index in [0.717, 1.165) is 19.3 Å². The quantitative estimate of drug-likeness (QED) is 0.485. The van der Waals surface area contributed by atoms with Crippen molar-refractivity contribution in [3.63, 3.8) is 0 Å². The van der Waals surface area contributed by atoms with Crippen LogP contribution in [0.2, 0.25) is 0 Å². The maximum absolute atomic E-state index is 11.5. The molecule has 1 aliphatic carbocycles. The summed E-state index contributed by atoms with van der Waals surface area (Å²) in [6, 6.07) is 0.195. The van der Waals surface area contributed by atoms with Crippen molar-refractivity contribution in [1.82, 2.24) is 4.90 Å². The van der Waals surface area contributed by atoms with E-state index in [4.69, 9.17) is 0 Å². The van der Waals surface area contributed by atoms with Gasteiger partial charge in [0.25, 0.3) is 0 Å². The molecule has 0 heterocycles. The predicted octanol–water partition coefficient (Wildman–Crippen LogP) is 1.20. The molecule has 1 amide bonds. The molecular weight excluding hydrogens is 194 g/mol. The first-order chi connectivity index (χ1) is 7.06. The van der Waals surface area contributed by atoms with Crippen LogP contribution in [0, 0.1) is 5.92 Å². The van der Waals surface area contributed by atoms with Gasteiger partial charge in [0.05, 0.1) is 7.11 Å². The van der Waals surface area contributed by atoms with Gasteiger partial charge in [-0.05, 0) is 18.8 Å². The Bertz CT molecular complexity index is 252. The number of esters is 1. The van der Waals surface area contributed by atoms with Gasteiger partial charge >= 0.3 is 11.9 Å². The Morgan fingerprint density at radius 1 is 1.33 bits per heavy atom. The zero-order chi connectivity index (χ0) is 11.4. The van der Waals surface area contributed by atoms with Crippen LogP contribution in [0.3, 0.4) is 0 Å². The molecule has 1 rings (SSSR count). The third kappa shape index (κ3) is 2.94. The fourth-order valence-corrected chi connectivity index (χ4v) is 2.15. The summed E-state index contributed by atoms with van der Waals surface area (Å²) < 4.78 is 4.42. The molecule has 1 saturated carbocycles. The van der Waals surface area contributed by atoms with Crippen LogP contribution in [0.1, 0.15) is 32.6 Å². The number of rotatable bonds is 1. The third-order valence-electron chi connectivity index (χ3n) is 3.14. The zero-order valence-electron chi connectivity index (χ0n) is 9.66. The van der Waals surface area contributed by atoms with Crippen LogP contribution in [0.15, 0.2) is 0 Å². The second-order valence-corrected chi connectivity index (χ2v) is 4.33. The Morgan fingerprint density at radius 3 is 2.53 bits per heavy atom. The summed E-state index contributed by atoms with van der Waals surface area (Å²) in [5.74, 6) is -0.663. The van der Waals surface area contributed by atoms with Crippen molar-refractivity contribution in [2.45, 2.75) is 38.6 Å². The van der Waals surface area contributed by atoms with Gasteiger partial charge in [-0.1, -0.05) is 19.8 Å². The maximum atomic E-state index is 11.5. The molecule has 1 fully saturated rings. The molecule has 4 heteroatoms. The Balaban J connectivity index is 2.55. The highest BCUT2D eigenvalue weighted by Gasteiger charge is 2.29. The summed E-state index contributed by atoms with van der Waals surface area (Å²) in [6.07, 6.45) is 4.32. The molecule has 0 spiro atoms. The Hall–Kier alpha value is -1.06. The molecule has 0 bridgehead atoms. The standard InChI is InChI=1S/C11H19NO3/c1-8-5-4-6-9(7-8)12(2)10(13)11(14)15-3/h8-9H,4-7H2,1-3H3. The minimum Gasteiger partial charge on any atom is -0.462 e. The van der Waals surface area contributed by atoms with Gasteiger partial charge in [-0.15, -0.1) is 0 Å². The molecule has 2 atom stereocenters. The van der Waals surface area contributed by atoms with E-state index in [1.807, 2.05) is 0 Å². The van der Waals surface area contributed by atoms with Crippen molar-refractivity contribution in [2.75, 3.05) is 14.2 Å². The SMILES string of the molecule is COC(=O)C(=O)N(C)C1CCCC(C)C1. The molecule has 0 aromatic heterocycles. The smallest absolute Gasteiger partial charge is 0.396 e. The topological polar surface area (TPSA) is 46.6 Å². The van der Waals surface area contributed by atoms with Gasteiger partial charge in [0.2, 0.25) is 0 Å². The van der Waals surface area contributed by atoms with Crippen LogP contribution in [-0.4, -0.2) is 37.0 Å². The number of methoxy groups -OCH3 is 1. The van der Waals surface area contributed by atoms with E-state index in [-0.39, 0.29) is 6.04 Å². The van der Waals surface area contributed by atoms with Crippen molar-refractivity contribution in [2.24, 2.45) is 5.92 Å². The minimum atomic E-state index is -0.768. The van der Waals surface area contributed by atoms with E-state index >= 15 is 0 Å². The van der Waals surface area contributed by atoms with E-state index in [2.05, 4.69) is 11.7 Å². The van der Waals surface area contributed by atoms with E-state index in [1.165, 1.54) is 18.4 Å². The minimum absolute atomic E-state index is 0.195. The average molecular weight is 213 g/mol. The lowest BCUT2D eigenvalue weighted by molar-refractivity contribution is -0.159. The number of carbonyl (C=O) groups excluding carboxylic acids is 2. The second kappa shape index (κ2) is 5.14. The number of hydrogen-bond acceptors (Lipinski definition) is 3. The fourth-order valence-electron chi connectivity index (χ4n) is 2.15. The van der Waals surface area contributed by atoms with Crippen molar-refractivity contribution in [3.05, 3.63) is 0 Å². The van der Waals surface area contributed by atoms with Crippen LogP contribution >= 0.6 is 0 Å². The number of likely N-dealkylation sites (N-methyl/N-ethyl adjacent to an activating group) is 1. The van der Waals surface area contributed by atoms with Gasteiger partial charge in [0.1, 0.15) is 0 Å². The summed E-state index contributed by atoms with van der Waals surface area (Å²) in [6.45, 7) is 2.18. The van der Waals surface area contributed by atoms with Crippen molar-refractivity contribution in [1.29, 1.82) is 0 Å². The van der Waals surface area contributed by atoms with Gasteiger partial charge in [-0.3, -0.25) is 4.79 Å². The predicted molar refractivity (Wildman–Crippen MR) is 56.2 cm³/mol. The van der Waals surface area contributed by atoms with E-state index in [0.29, 0.717) is 5.92 Å². The average Bonchev–Trinajstić information content (AvgIpc) is 2.26. The number of hydrogen-bond donors (Lipinski definition) is 0. The first kappa shape index (κ1) is 12.0. The van der Waals surface area contributed by atoms with Gasteiger partial charge in [-0.25, -0.2) is 4.79 Å². The van der Waals surface area contributed by atoms with Crippen LogP contribution in [0.25, 0.3) is 0 Å². The molecular formula is C11H19NO3. The first-order valence-corrected chi connectivity index (χ1v) is 5.41. The van der Waals surface area contributed by atoms with Gasteiger partial charge in [-0.2, -0.15) is 0 Å². The number of amides is 1. The van der Waals surface area contributed by atoms with Crippen LogP contribution < -0.4 is 0 Å². The molecule has 2 unspecified atom stereocenters. The lowest BCUT2D eigenvalue weighted by Crippen LogP contribution is -2.43. The van der Waals surface area contributed by atoms with E-state index in [9.17, 15) is 9.59 Å². The fraction of sp³-hybridized carbons (Fsp3) is 0.818. The zero-order valence-corrected chi connectivity index (χ0v) is 9.66. The molecule has 86 valence electrons. The summed E-state index contributed by atoms with van der Waals surface area (Å²) in [5, 5.41) is 0. The number of ether oxygens (including phenoxy) is 1. The summed E-state index contributed by atoms with van der Waals surface area (Å²) in [7, 11) is 2.92. The summed E-state index contributed by atoms with van der Waals surface area (Å²) in [4.78, 5) is 24.1. The molecule has 0 aromatic rings. The van der Waals surface area contributed by atoms with Gasteiger partial charge in [0, 0.05) is 13.1 Å². The molecule has 0 aromatic carbocycles. The molecule has 0 N–H and O–H groups in total. The monoisotopic (exact) mass is 213 g/mol. The van der Waals surface area contributed by atoms with Crippen LogP contribution in [-0.2, 0) is 14.3 Å². The second-order valence-electron chi connectivity index (χ2n) is 4.33. The Morgan fingerprint density at radius 2 is 2.00 bits per heavy atom. The highest BCUT2D eigenvalue weighted by Crippen LogP contribution is 2.26. The number of nitrogens with zero attached hydrogens (tertiary/aromatic N) is 1. The Kier molecular flexibility index (Phi) is 4.12. The van der Waals surface area contributed by atoms with E-state index in [1.54, 1.807) is 7.05 Å². The first-order valence-electron chi connectivity index (χ1n) is 5.41. The van der Waals surface area contributed by atoms with Crippen molar-refractivity contribution >= 4 is 11.9 Å². The van der Waals surface area contributed by atoms with E-state index < -0.39 is 11.9 Å². The largest absolute Gasteiger partial charge is 0.462 e. The molecule has 0 aliphatic heterocycles. The molecule has 4 nitrogen and oxygen atoms in total. The molecule has 0 radical (unpaired) electrons. The lowest BCUT2D eigenvalue weighted by Gasteiger charge is -2.33. The number of carbonyl (C=O) groups is 2. The van der Waals surface area contributed by atoms with Crippen LogP contribution in [0.5, 0.6) is 0 Å². The lowest BCUT2D eigenvalue weighted by atomic mass is 9.86. The third-order valence-corrected chi connectivity index (χ3v) is 3.14. The molecule has 15 heavy (non-hydrogen) atoms. The van der Waals surface area contributed by atoms with Crippen molar-refractivity contribution < 1.29 is 14.3 Å². The molecule has 1 aliphatic rings. The Labute approximate surface area is 90.6 Å².